The summed E-state index contributed by atoms with van der Waals surface area (Å²) in [6, 6.07) is 8.88. The maximum Gasteiger partial charge on any atom is 0.494 e. The van der Waals surface area contributed by atoms with Crippen molar-refractivity contribution < 1.29 is 9.31 Å². The van der Waals surface area contributed by atoms with E-state index in [0.717, 1.165) is 5.46 Å². The second-order valence-electron chi connectivity index (χ2n) is 11.4. The summed E-state index contributed by atoms with van der Waals surface area (Å²) < 4.78 is 12.3. The number of rotatable bonds is 18. The van der Waals surface area contributed by atoms with E-state index in [2.05, 4.69) is 58.9 Å². The van der Waals surface area contributed by atoms with Crippen molar-refractivity contribution in [3.63, 3.8) is 0 Å². The van der Waals surface area contributed by atoms with E-state index in [9.17, 15) is 0 Å². The smallest absolute Gasteiger partial charge is 0.399 e. The lowest BCUT2D eigenvalue weighted by Crippen LogP contribution is -2.41. The molecule has 188 valence electrons. The summed E-state index contributed by atoms with van der Waals surface area (Å²) in [5.74, 6) is 0. The molecule has 3 heteroatoms. The average molecular weight is 457 g/mol. The van der Waals surface area contributed by atoms with Crippen molar-refractivity contribution in [3.8, 4) is 0 Å². The van der Waals surface area contributed by atoms with Crippen LogP contribution >= 0.6 is 0 Å². The average Bonchev–Trinajstić information content (AvgIpc) is 3.00. The molecular formula is C30H53BO2. The molecule has 1 aliphatic heterocycles. The number of unbranched alkanes of at least 4 members (excludes halogenated alkanes) is 15. The Balaban J connectivity index is 1.42. The molecule has 0 aromatic heterocycles. The molecule has 0 atom stereocenters. The minimum atomic E-state index is -0.274. The Morgan fingerprint density at radius 3 is 1.30 bits per heavy atom. The Hall–Kier alpha value is -0.795. The van der Waals surface area contributed by atoms with Crippen molar-refractivity contribution in [2.45, 2.75) is 155 Å². The van der Waals surface area contributed by atoms with Crippen molar-refractivity contribution in [1.82, 2.24) is 0 Å². The van der Waals surface area contributed by atoms with Crippen LogP contribution in [0.5, 0.6) is 0 Å². The summed E-state index contributed by atoms with van der Waals surface area (Å²) >= 11 is 0. The quantitative estimate of drug-likeness (QED) is 0.162. The van der Waals surface area contributed by atoms with E-state index < -0.39 is 0 Å². The van der Waals surface area contributed by atoms with E-state index in [1.807, 2.05) is 0 Å². The molecule has 0 spiro atoms. The van der Waals surface area contributed by atoms with Crippen LogP contribution in [0.1, 0.15) is 143 Å². The molecule has 0 bridgehead atoms. The van der Waals surface area contributed by atoms with Crippen molar-refractivity contribution >= 4 is 12.6 Å². The van der Waals surface area contributed by atoms with Crippen LogP contribution in [-0.2, 0) is 15.7 Å². The summed E-state index contributed by atoms with van der Waals surface area (Å²) in [4.78, 5) is 0. The highest BCUT2D eigenvalue weighted by Crippen LogP contribution is 2.36. The fourth-order valence-corrected chi connectivity index (χ4v) is 4.70. The molecular weight excluding hydrogens is 403 g/mol. The van der Waals surface area contributed by atoms with Gasteiger partial charge in [-0.1, -0.05) is 128 Å². The van der Waals surface area contributed by atoms with Gasteiger partial charge in [0.15, 0.2) is 0 Å². The largest absolute Gasteiger partial charge is 0.494 e. The summed E-state index contributed by atoms with van der Waals surface area (Å²) in [6.45, 7) is 10.7. The zero-order chi connectivity index (χ0) is 24.0. The number of aryl methyl sites for hydroxylation is 1. The van der Waals surface area contributed by atoms with Crippen LogP contribution in [0.15, 0.2) is 24.3 Å². The highest BCUT2D eigenvalue weighted by molar-refractivity contribution is 6.62. The first-order chi connectivity index (χ1) is 15.9. The third-order valence-electron chi connectivity index (χ3n) is 7.82. The monoisotopic (exact) mass is 456 g/mol. The standard InChI is InChI=1S/C30H53BO2/c1-6-7-8-9-10-11-12-13-14-15-16-17-18-19-20-21-22-27-23-25-28(26-24-27)31-32-29(2,3)30(4,5)33-31/h23-26H,6-22H2,1-5H3. The molecule has 1 fully saturated rings. The second-order valence-corrected chi connectivity index (χ2v) is 11.4. The van der Waals surface area contributed by atoms with Gasteiger partial charge >= 0.3 is 7.12 Å². The molecule has 0 amide bonds. The predicted molar refractivity (Wildman–Crippen MR) is 145 cm³/mol. The minimum absolute atomic E-state index is 0.250. The van der Waals surface area contributed by atoms with Gasteiger partial charge in [0.2, 0.25) is 0 Å². The third-order valence-corrected chi connectivity index (χ3v) is 7.82. The Bertz CT molecular complexity index is 607. The second kappa shape index (κ2) is 15.3. The molecule has 2 nitrogen and oxygen atoms in total. The van der Waals surface area contributed by atoms with Gasteiger partial charge in [0.05, 0.1) is 11.2 Å². The molecule has 0 radical (unpaired) electrons. The van der Waals surface area contributed by atoms with Crippen LogP contribution in [0.4, 0.5) is 0 Å². The van der Waals surface area contributed by atoms with E-state index in [1.165, 1.54) is 115 Å². The molecule has 2 rings (SSSR count). The number of hydrogen-bond acceptors (Lipinski definition) is 2. The van der Waals surface area contributed by atoms with Gasteiger partial charge in [-0.15, -0.1) is 0 Å². The van der Waals surface area contributed by atoms with Crippen LogP contribution in [0.3, 0.4) is 0 Å². The molecule has 1 aromatic rings. The molecule has 0 aliphatic carbocycles. The maximum absolute atomic E-state index is 6.16. The Kier molecular flexibility index (Phi) is 13.1. The van der Waals surface area contributed by atoms with E-state index in [0.29, 0.717) is 0 Å². The van der Waals surface area contributed by atoms with Gasteiger partial charge in [-0.25, -0.2) is 0 Å². The van der Waals surface area contributed by atoms with Gasteiger partial charge in [-0.05, 0) is 51.6 Å². The van der Waals surface area contributed by atoms with Gasteiger partial charge in [0, 0.05) is 0 Å². The molecule has 1 heterocycles. The van der Waals surface area contributed by atoms with E-state index in [-0.39, 0.29) is 18.3 Å². The van der Waals surface area contributed by atoms with Crippen LogP contribution < -0.4 is 5.46 Å². The molecule has 33 heavy (non-hydrogen) atoms. The first-order valence-corrected chi connectivity index (χ1v) is 14.3. The Labute approximate surface area is 206 Å². The molecule has 0 saturated carbocycles. The van der Waals surface area contributed by atoms with Gasteiger partial charge in [0.1, 0.15) is 0 Å². The van der Waals surface area contributed by atoms with E-state index >= 15 is 0 Å². The summed E-state index contributed by atoms with van der Waals surface area (Å²) in [5.41, 5.74) is 2.01. The van der Waals surface area contributed by atoms with Crippen molar-refractivity contribution in [3.05, 3.63) is 29.8 Å². The zero-order valence-corrected chi connectivity index (χ0v) is 22.7. The van der Waals surface area contributed by atoms with Crippen LogP contribution in [0.2, 0.25) is 0 Å². The lowest BCUT2D eigenvalue weighted by atomic mass is 9.78. The summed E-state index contributed by atoms with van der Waals surface area (Å²) in [6.07, 6.45) is 24.0. The van der Waals surface area contributed by atoms with Crippen molar-refractivity contribution in [2.24, 2.45) is 0 Å². The molecule has 1 aliphatic rings. The zero-order valence-electron chi connectivity index (χ0n) is 22.7. The lowest BCUT2D eigenvalue weighted by Gasteiger charge is -2.32. The Morgan fingerprint density at radius 2 is 0.909 bits per heavy atom. The number of benzene rings is 1. The SMILES string of the molecule is CCCCCCCCCCCCCCCCCCc1ccc(B2OC(C)(C)C(C)(C)O2)cc1. The molecule has 0 unspecified atom stereocenters. The first kappa shape index (κ1) is 28.4. The van der Waals surface area contributed by atoms with Gasteiger partial charge < -0.3 is 9.31 Å². The topological polar surface area (TPSA) is 18.5 Å². The molecule has 0 N–H and O–H groups in total. The third kappa shape index (κ3) is 10.6. The first-order valence-electron chi connectivity index (χ1n) is 14.3. The van der Waals surface area contributed by atoms with Gasteiger partial charge in [-0.3, -0.25) is 0 Å². The van der Waals surface area contributed by atoms with E-state index in [1.54, 1.807) is 0 Å². The predicted octanol–water partition coefficient (Wildman–Crippen LogP) is 8.79. The van der Waals surface area contributed by atoms with E-state index in [4.69, 9.17) is 9.31 Å². The fraction of sp³-hybridized carbons (Fsp3) is 0.800. The highest BCUT2D eigenvalue weighted by Gasteiger charge is 2.51. The summed E-state index contributed by atoms with van der Waals surface area (Å²) in [5, 5.41) is 0. The molecule has 1 saturated heterocycles. The number of hydrogen-bond donors (Lipinski definition) is 0. The minimum Gasteiger partial charge on any atom is -0.399 e. The van der Waals surface area contributed by atoms with Crippen LogP contribution in [0.25, 0.3) is 0 Å². The molecule has 1 aromatic carbocycles. The lowest BCUT2D eigenvalue weighted by molar-refractivity contribution is 0.00578. The van der Waals surface area contributed by atoms with Crippen molar-refractivity contribution in [2.75, 3.05) is 0 Å². The maximum atomic E-state index is 6.16. The Morgan fingerprint density at radius 1 is 0.545 bits per heavy atom. The fourth-order valence-electron chi connectivity index (χ4n) is 4.70. The van der Waals surface area contributed by atoms with Gasteiger partial charge in [0.25, 0.3) is 0 Å². The van der Waals surface area contributed by atoms with Crippen molar-refractivity contribution in [1.29, 1.82) is 0 Å². The van der Waals surface area contributed by atoms with Crippen LogP contribution in [-0.4, -0.2) is 18.3 Å². The highest BCUT2D eigenvalue weighted by atomic mass is 16.7. The normalized spacial score (nSPS) is 17.1. The summed E-state index contributed by atoms with van der Waals surface area (Å²) in [7, 11) is -0.250. The van der Waals surface area contributed by atoms with Crippen LogP contribution in [0, 0.1) is 0 Å². The van der Waals surface area contributed by atoms with Gasteiger partial charge in [-0.2, -0.15) is 0 Å².